The molecule has 0 bridgehead atoms. The molecular formula is C9H17N3O2. The summed E-state index contributed by atoms with van der Waals surface area (Å²) in [5, 5.41) is 3.00. The third kappa shape index (κ3) is 1.72. The van der Waals surface area contributed by atoms with E-state index in [1.165, 1.54) is 9.80 Å². The molecule has 3 amide bonds. The van der Waals surface area contributed by atoms with Gasteiger partial charge in [-0.1, -0.05) is 0 Å². The highest BCUT2D eigenvalue weighted by atomic mass is 16.2. The van der Waals surface area contributed by atoms with Crippen LogP contribution >= 0.6 is 0 Å². The van der Waals surface area contributed by atoms with Gasteiger partial charge in [0.25, 0.3) is 5.91 Å². The fraction of sp³-hybridized carbons (Fsp3) is 0.778. The number of hydrogen-bond acceptors (Lipinski definition) is 3. The first-order valence-electron chi connectivity index (χ1n) is 4.74. The Morgan fingerprint density at radius 2 is 2.07 bits per heavy atom. The molecule has 0 spiro atoms. The molecule has 1 rings (SSSR count). The van der Waals surface area contributed by atoms with Crippen LogP contribution < -0.4 is 5.32 Å². The molecule has 1 fully saturated rings. The number of carbonyl (C=O) groups excluding carboxylic acids is 2. The van der Waals surface area contributed by atoms with Crippen molar-refractivity contribution in [1.29, 1.82) is 0 Å². The minimum Gasteiger partial charge on any atom is -0.316 e. The third-order valence-electron chi connectivity index (χ3n) is 2.69. The van der Waals surface area contributed by atoms with Gasteiger partial charge < -0.3 is 10.2 Å². The predicted molar refractivity (Wildman–Crippen MR) is 52.9 cm³/mol. The minimum absolute atomic E-state index is 0.111. The van der Waals surface area contributed by atoms with E-state index in [9.17, 15) is 9.59 Å². The first kappa shape index (κ1) is 11.0. The molecule has 5 nitrogen and oxygen atoms in total. The van der Waals surface area contributed by atoms with Crippen LogP contribution in [0, 0.1) is 0 Å². The third-order valence-corrected chi connectivity index (χ3v) is 2.69. The van der Waals surface area contributed by atoms with Crippen molar-refractivity contribution in [2.45, 2.75) is 25.9 Å². The molecule has 2 unspecified atom stereocenters. The van der Waals surface area contributed by atoms with Crippen LogP contribution in [0.25, 0.3) is 0 Å². The topological polar surface area (TPSA) is 52.7 Å². The number of nitrogens with zero attached hydrogens (tertiary/aromatic N) is 2. The number of rotatable bonds is 3. The molecule has 0 aliphatic carbocycles. The van der Waals surface area contributed by atoms with Crippen LogP contribution in [0.15, 0.2) is 0 Å². The lowest BCUT2D eigenvalue weighted by Gasteiger charge is -2.18. The molecule has 1 N–H and O–H groups in total. The molecule has 1 aliphatic rings. The van der Waals surface area contributed by atoms with Crippen molar-refractivity contribution in [3.05, 3.63) is 0 Å². The summed E-state index contributed by atoms with van der Waals surface area (Å²) in [5.41, 5.74) is 0. The highest BCUT2D eigenvalue weighted by Crippen LogP contribution is 2.14. The van der Waals surface area contributed by atoms with Gasteiger partial charge in [0.2, 0.25) is 0 Å². The number of carbonyl (C=O) groups is 2. The summed E-state index contributed by atoms with van der Waals surface area (Å²) < 4.78 is 0. The molecule has 2 atom stereocenters. The van der Waals surface area contributed by atoms with Gasteiger partial charge in [0.05, 0.1) is 0 Å². The summed E-state index contributed by atoms with van der Waals surface area (Å²) in [4.78, 5) is 26.0. The molecule has 1 heterocycles. The lowest BCUT2D eigenvalue weighted by Crippen LogP contribution is -2.41. The number of amides is 3. The molecule has 1 aliphatic heterocycles. The second-order valence-corrected chi connectivity index (χ2v) is 3.71. The summed E-state index contributed by atoms with van der Waals surface area (Å²) in [6.45, 7) is 4.11. The molecule has 14 heavy (non-hydrogen) atoms. The van der Waals surface area contributed by atoms with E-state index in [1.807, 2.05) is 14.0 Å². The van der Waals surface area contributed by atoms with Crippen LogP contribution in [-0.4, -0.2) is 54.5 Å². The van der Waals surface area contributed by atoms with Crippen molar-refractivity contribution < 1.29 is 9.59 Å². The standard InChI is InChI=1S/C9H17N3O2/c1-6(10-3)5-12-8(13)7(2)11(4)9(12)14/h6-7,10H,5H2,1-4H3. The zero-order valence-corrected chi connectivity index (χ0v) is 9.07. The Labute approximate surface area is 84.0 Å². The second kappa shape index (κ2) is 3.96. The average molecular weight is 199 g/mol. The summed E-state index contributed by atoms with van der Waals surface area (Å²) in [5.74, 6) is -0.111. The molecule has 1 saturated heterocycles. The van der Waals surface area contributed by atoms with Crippen LogP contribution in [0.3, 0.4) is 0 Å². The summed E-state index contributed by atoms with van der Waals surface area (Å²) in [7, 11) is 3.46. The lowest BCUT2D eigenvalue weighted by molar-refractivity contribution is -0.127. The van der Waals surface area contributed by atoms with Gasteiger partial charge in [-0.15, -0.1) is 0 Å². The summed E-state index contributed by atoms with van der Waals surface area (Å²) in [6.07, 6.45) is 0. The fourth-order valence-corrected chi connectivity index (χ4v) is 1.37. The van der Waals surface area contributed by atoms with Crippen LogP contribution in [0.5, 0.6) is 0 Å². The molecule has 5 heteroatoms. The number of hydrogen-bond donors (Lipinski definition) is 1. The summed E-state index contributed by atoms with van der Waals surface area (Å²) in [6, 6.07) is -0.405. The van der Waals surface area contributed by atoms with Crippen molar-refractivity contribution >= 4 is 11.9 Å². The van der Waals surface area contributed by atoms with Gasteiger partial charge in [0, 0.05) is 19.6 Å². The highest BCUT2D eigenvalue weighted by Gasteiger charge is 2.40. The van der Waals surface area contributed by atoms with Gasteiger partial charge in [0.15, 0.2) is 0 Å². The Morgan fingerprint density at radius 1 is 1.50 bits per heavy atom. The Kier molecular flexibility index (Phi) is 3.10. The first-order chi connectivity index (χ1) is 6.49. The van der Waals surface area contributed by atoms with E-state index in [2.05, 4.69) is 5.32 Å². The Morgan fingerprint density at radius 3 is 2.43 bits per heavy atom. The molecule has 0 radical (unpaired) electrons. The monoisotopic (exact) mass is 199 g/mol. The zero-order valence-electron chi connectivity index (χ0n) is 9.07. The van der Waals surface area contributed by atoms with E-state index in [0.717, 1.165) is 0 Å². The van der Waals surface area contributed by atoms with Crippen molar-refractivity contribution in [2.24, 2.45) is 0 Å². The van der Waals surface area contributed by atoms with Crippen LogP contribution in [0.4, 0.5) is 4.79 Å². The van der Waals surface area contributed by atoms with Gasteiger partial charge >= 0.3 is 6.03 Å². The number of likely N-dealkylation sites (N-methyl/N-ethyl adjacent to an activating group) is 2. The Hall–Kier alpha value is -1.10. The van der Waals surface area contributed by atoms with Crippen LogP contribution in [0.1, 0.15) is 13.8 Å². The van der Waals surface area contributed by atoms with E-state index >= 15 is 0 Å². The van der Waals surface area contributed by atoms with Crippen molar-refractivity contribution in [3.63, 3.8) is 0 Å². The van der Waals surface area contributed by atoms with E-state index in [1.54, 1.807) is 14.0 Å². The maximum Gasteiger partial charge on any atom is 0.327 e. The van der Waals surface area contributed by atoms with Gasteiger partial charge in [-0.3, -0.25) is 9.69 Å². The van der Waals surface area contributed by atoms with Crippen molar-refractivity contribution in [2.75, 3.05) is 20.6 Å². The first-order valence-corrected chi connectivity index (χ1v) is 4.74. The Bertz CT molecular complexity index is 234. The maximum absolute atomic E-state index is 11.6. The molecule has 0 aromatic rings. The molecule has 0 saturated carbocycles. The second-order valence-electron chi connectivity index (χ2n) is 3.71. The van der Waals surface area contributed by atoms with Crippen molar-refractivity contribution in [3.8, 4) is 0 Å². The van der Waals surface area contributed by atoms with Gasteiger partial charge in [-0.05, 0) is 20.9 Å². The maximum atomic E-state index is 11.6. The molecule has 0 aromatic carbocycles. The minimum atomic E-state index is -0.327. The molecule has 0 aromatic heterocycles. The average Bonchev–Trinajstić information content (AvgIpc) is 2.35. The van der Waals surface area contributed by atoms with Crippen LogP contribution in [0.2, 0.25) is 0 Å². The lowest BCUT2D eigenvalue weighted by atomic mass is 10.3. The Balaban J connectivity index is 2.70. The van der Waals surface area contributed by atoms with E-state index < -0.39 is 0 Å². The van der Waals surface area contributed by atoms with E-state index in [4.69, 9.17) is 0 Å². The fourth-order valence-electron chi connectivity index (χ4n) is 1.37. The number of imide groups is 1. The smallest absolute Gasteiger partial charge is 0.316 e. The normalized spacial score (nSPS) is 24.7. The van der Waals surface area contributed by atoms with Gasteiger partial charge in [-0.2, -0.15) is 0 Å². The highest BCUT2D eigenvalue weighted by molar-refractivity contribution is 6.03. The quantitative estimate of drug-likeness (QED) is 0.645. The summed E-state index contributed by atoms with van der Waals surface area (Å²) >= 11 is 0. The molecule has 80 valence electrons. The number of urea groups is 1. The number of nitrogens with one attached hydrogen (secondary N) is 1. The van der Waals surface area contributed by atoms with Gasteiger partial charge in [-0.25, -0.2) is 4.79 Å². The van der Waals surface area contributed by atoms with Gasteiger partial charge in [0.1, 0.15) is 6.04 Å². The largest absolute Gasteiger partial charge is 0.327 e. The van der Waals surface area contributed by atoms with Crippen molar-refractivity contribution in [1.82, 2.24) is 15.1 Å². The SMILES string of the molecule is CNC(C)CN1C(=O)C(C)N(C)C1=O. The van der Waals surface area contributed by atoms with E-state index in [0.29, 0.717) is 6.54 Å². The van der Waals surface area contributed by atoms with Crippen LogP contribution in [-0.2, 0) is 4.79 Å². The molecular weight excluding hydrogens is 182 g/mol. The van der Waals surface area contributed by atoms with E-state index in [-0.39, 0.29) is 24.0 Å². The predicted octanol–water partition coefficient (Wildman–Crippen LogP) is -0.123. The zero-order chi connectivity index (χ0) is 10.9.